The van der Waals surface area contributed by atoms with Crippen molar-refractivity contribution in [1.82, 2.24) is 0 Å². The van der Waals surface area contributed by atoms with Crippen molar-refractivity contribution in [3.05, 3.63) is 22.8 Å². The fourth-order valence-corrected chi connectivity index (χ4v) is 1.76. The molecule has 0 amide bonds. The first-order chi connectivity index (χ1) is 7.32. The number of hydrogen-bond acceptors (Lipinski definition) is 2. The van der Waals surface area contributed by atoms with Crippen LogP contribution in [0.4, 0.5) is 0 Å². The Morgan fingerprint density at radius 3 is 1.81 bits per heavy atom. The van der Waals surface area contributed by atoms with Gasteiger partial charge in [0, 0.05) is 5.56 Å². The molecule has 1 aromatic rings. The summed E-state index contributed by atoms with van der Waals surface area (Å²) in [4.78, 5) is 0. The van der Waals surface area contributed by atoms with Crippen LogP contribution in [-0.4, -0.2) is 14.2 Å². The molecule has 1 aromatic carbocycles. The average molecular weight is 221 g/mol. The van der Waals surface area contributed by atoms with Crippen molar-refractivity contribution >= 4 is 0 Å². The minimum Gasteiger partial charge on any atom is -0.493 e. The third-order valence-electron chi connectivity index (χ3n) is 2.81. The van der Waals surface area contributed by atoms with Crippen LogP contribution in [0, 0.1) is 19.9 Å². The molecule has 0 aliphatic heterocycles. The molecular weight excluding hydrogens is 200 g/mol. The van der Waals surface area contributed by atoms with E-state index in [0.29, 0.717) is 0 Å². The van der Waals surface area contributed by atoms with Crippen LogP contribution < -0.4 is 9.47 Å². The molecule has 0 aliphatic rings. The van der Waals surface area contributed by atoms with Crippen LogP contribution in [0.2, 0.25) is 0 Å². The number of benzene rings is 1. The van der Waals surface area contributed by atoms with Gasteiger partial charge in [-0.25, -0.2) is 0 Å². The molecule has 0 N–H and O–H groups in total. The SMILES string of the molecule is COc1c(C(C)(C)C)[c]c(C)c(C)c1OC. The molecule has 0 saturated carbocycles. The molecule has 0 bridgehead atoms. The summed E-state index contributed by atoms with van der Waals surface area (Å²) in [6.07, 6.45) is 0. The Bertz CT molecular complexity index is 387. The summed E-state index contributed by atoms with van der Waals surface area (Å²) in [6, 6.07) is 3.40. The Balaban J connectivity index is 3.57. The van der Waals surface area contributed by atoms with Gasteiger partial charge in [0.2, 0.25) is 0 Å². The van der Waals surface area contributed by atoms with E-state index in [9.17, 15) is 0 Å². The predicted octanol–water partition coefficient (Wildman–Crippen LogP) is 3.42. The summed E-state index contributed by atoms with van der Waals surface area (Å²) in [5, 5.41) is 0. The number of methoxy groups -OCH3 is 2. The lowest BCUT2D eigenvalue weighted by molar-refractivity contribution is 0.342. The minimum atomic E-state index is -0.00289. The number of hydrogen-bond donors (Lipinski definition) is 0. The molecule has 0 atom stereocenters. The zero-order chi connectivity index (χ0) is 12.5. The lowest BCUT2D eigenvalue weighted by atomic mass is 9.84. The van der Waals surface area contributed by atoms with E-state index in [-0.39, 0.29) is 5.41 Å². The van der Waals surface area contributed by atoms with E-state index in [2.05, 4.69) is 26.8 Å². The van der Waals surface area contributed by atoms with Gasteiger partial charge in [-0.05, 0) is 36.5 Å². The van der Waals surface area contributed by atoms with E-state index in [0.717, 1.165) is 28.2 Å². The molecular formula is C14H21O2. The Kier molecular flexibility index (Phi) is 3.51. The Labute approximate surface area is 98.6 Å². The van der Waals surface area contributed by atoms with Crippen LogP contribution in [0.25, 0.3) is 0 Å². The maximum atomic E-state index is 5.47. The fourth-order valence-electron chi connectivity index (χ4n) is 1.76. The molecule has 0 spiro atoms. The highest BCUT2D eigenvalue weighted by Gasteiger charge is 2.24. The van der Waals surface area contributed by atoms with Gasteiger partial charge in [0.05, 0.1) is 14.2 Å². The van der Waals surface area contributed by atoms with E-state index in [4.69, 9.17) is 9.47 Å². The number of ether oxygens (including phenoxy) is 2. The monoisotopic (exact) mass is 221 g/mol. The van der Waals surface area contributed by atoms with Crippen LogP contribution in [0.5, 0.6) is 11.5 Å². The lowest BCUT2D eigenvalue weighted by Gasteiger charge is -2.25. The van der Waals surface area contributed by atoms with Crippen LogP contribution >= 0.6 is 0 Å². The third kappa shape index (κ3) is 2.16. The second-order valence-electron chi connectivity index (χ2n) is 5.07. The van der Waals surface area contributed by atoms with E-state index in [1.54, 1.807) is 14.2 Å². The Morgan fingerprint density at radius 1 is 0.938 bits per heavy atom. The first-order valence-electron chi connectivity index (χ1n) is 5.47. The largest absolute Gasteiger partial charge is 0.493 e. The summed E-state index contributed by atoms with van der Waals surface area (Å²) in [5.74, 6) is 1.63. The second kappa shape index (κ2) is 4.36. The Hall–Kier alpha value is -1.18. The lowest BCUT2D eigenvalue weighted by Crippen LogP contribution is -2.14. The van der Waals surface area contributed by atoms with E-state index in [1.165, 1.54) is 0 Å². The molecule has 0 unspecified atom stereocenters. The highest BCUT2D eigenvalue weighted by atomic mass is 16.5. The van der Waals surface area contributed by atoms with E-state index >= 15 is 0 Å². The van der Waals surface area contributed by atoms with Gasteiger partial charge in [0.15, 0.2) is 11.5 Å². The second-order valence-corrected chi connectivity index (χ2v) is 5.07. The number of aryl methyl sites for hydroxylation is 1. The van der Waals surface area contributed by atoms with Crippen molar-refractivity contribution < 1.29 is 9.47 Å². The van der Waals surface area contributed by atoms with Crippen molar-refractivity contribution in [2.24, 2.45) is 0 Å². The summed E-state index contributed by atoms with van der Waals surface area (Å²) in [6.45, 7) is 10.5. The molecule has 0 aliphatic carbocycles. The van der Waals surface area contributed by atoms with Gasteiger partial charge in [-0.3, -0.25) is 0 Å². The van der Waals surface area contributed by atoms with Gasteiger partial charge in [-0.2, -0.15) is 0 Å². The maximum absolute atomic E-state index is 5.47. The van der Waals surface area contributed by atoms with Crippen molar-refractivity contribution in [2.75, 3.05) is 14.2 Å². The van der Waals surface area contributed by atoms with Crippen molar-refractivity contribution in [3.63, 3.8) is 0 Å². The topological polar surface area (TPSA) is 18.5 Å². The minimum absolute atomic E-state index is 0.00289. The average Bonchev–Trinajstić information content (AvgIpc) is 2.19. The van der Waals surface area contributed by atoms with E-state index < -0.39 is 0 Å². The summed E-state index contributed by atoms with van der Waals surface area (Å²) in [7, 11) is 3.35. The molecule has 0 heterocycles. The molecule has 0 fully saturated rings. The van der Waals surface area contributed by atoms with Crippen LogP contribution in [0.15, 0.2) is 0 Å². The van der Waals surface area contributed by atoms with Gasteiger partial charge in [0.1, 0.15) is 0 Å². The Morgan fingerprint density at radius 2 is 1.44 bits per heavy atom. The normalized spacial score (nSPS) is 11.4. The zero-order valence-corrected chi connectivity index (χ0v) is 11.3. The van der Waals surface area contributed by atoms with Crippen molar-refractivity contribution in [1.29, 1.82) is 0 Å². The molecule has 16 heavy (non-hydrogen) atoms. The highest BCUT2D eigenvalue weighted by molar-refractivity contribution is 5.56. The first-order valence-corrected chi connectivity index (χ1v) is 5.47. The molecule has 1 radical (unpaired) electrons. The third-order valence-corrected chi connectivity index (χ3v) is 2.81. The van der Waals surface area contributed by atoms with Crippen LogP contribution in [-0.2, 0) is 5.41 Å². The summed E-state index contributed by atoms with van der Waals surface area (Å²) >= 11 is 0. The van der Waals surface area contributed by atoms with Gasteiger partial charge in [-0.15, -0.1) is 0 Å². The number of rotatable bonds is 2. The van der Waals surface area contributed by atoms with Gasteiger partial charge >= 0.3 is 0 Å². The van der Waals surface area contributed by atoms with Gasteiger partial charge in [0.25, 0.3) is 0 Å². The molecule has 89 valence electrons. The zero-order valence-electron chi connectivity index (χ0n) is 11.3. The van der Waals surface area contributed by atoms with Crippen LogP contribution in [0.3, 0.4) is 0 Å². The predicted molar refractivity (Wildman–Crippen MR) is 66.6 cm³/mol. The van der Waals surface area contributed by atoms with Gasteiger partial charge in [-0.1, -0.05) is 20.8 Å². The first kappa shape index (κ1) is 12.9. The van der Waals surface area contributed by atoms with Gasteiger partial charge < -0.3 is 9.47 Å². The van der Waals surface area contributed by atoms with Crippen LogP contribution in [0.1, 0.15) is 37.5 Å². The molecule has 1 rings (SSSR count). The molecule has 0 saturated heterocycles. The quantitative estimate of drug-likeness (QED) is 0.762. The summed E-state index contributed by atoms with van der Waals surface area (Å²) < 4.78 is 10.9. The summed E-state index contributed by atoms with van der Waals surface area (Å²) in [5.41, 5.74) is 3.27. The highest BCUT2D eigenvalue weighted by Crippen LogP contribution is 2.41. The molecule has 2 nitrogen and oxygen atoms in total. The molecule has 2 heteroatoms. The standard InChI is InChI=1S/C14H21O2/c1-9-8-11(14(3,4)5)13(16-7)12(15-6)10(9)2/h1-7H3. The fraction of sp³-hybridized carbons (Fsp3) is 0.571. The molecule has 0 aromatic heterocycles. The maximum Gasteiger partial charge on any atom is 0.165 e. The smallest absolute Gasteiger partial charge is 0.165 e. The van der Waals surface area contributed by atoms with Crippen molar-refractivity contribution in [2.45, 2.75) is 40.0 Å². The van der Waals surface area contributed by atoms with Crippen molar-refractivity contribution in [3.8, 4) is 11.5 Å². The van der Waals surface area contributed by atoms with E-state index in [1.807, 2.05) is 13.8 Å².